The first-order valence-corrected chi connectivity index (χ1v) is 11.5. The molecule has 2 aromatic rings. The summed E-state index contributed by atoms with van der Waals surface area (Å²) in [5.74, 6) is -1.60. The van der Waals surface area contributed by atoms with Crippen molar-refractivity contribution in [3.05, 3.63) is 40.7 Å². The molecule has 2 aliphatic rings. The van der Waals surface area contributed by atoms with E-state index in [1.54, 1.807) is 13.0 Å². The molecule has 0 aromatic carbocycles. The zero-order chi connectivity index (χ0) is 22.7. The number of hydrogen-bond donors (Lipinski definition) is 1. The van der Waals surface area contributed by atoms with Crippen molar-refractivity contribution in [2.45, 2.75) is 44.6 Å². The van der Waals surface area contributed by atoms with E-state index >= 15 is 0 Å². The smallest absolute Gasteiger partial charge is 0.341 e. The summed E-state index contributed by atoms with van der Waals surface area (Å²) in [6.45, 7) is 1.85. The molecule has 4 rings (SSSR count). The predicted octanol–water partition coefficient (Wildman–Crippen LogP) is 3.18. The van der Waals surface area contributed by atoms with Gasteiger partial charge >= 0.3 is 11.9 Å². The summed E-state index contributed by atoms with van der Waals surface area (Å²) in [6.07, 6.45) is 4.51. The molecule has 1 atom stereocenters. The highest BCUT2D eigenvalue weighted by molar-refractivity contribution is 7.15. The number of carbonyl (C=O) groups is 4. The maximum atomic E-state index is 12.6. The molecule has 10 heteroatoms. The number of rotatable bonds is 8. The van der Waals surface area contributed by atoms with Crippen molar-refractivity contribution in [2.75, 3.05) is 25.1 Å². The lowest BCUT2D eigenvalue weighted by Gasteiger charge is -2.22. The lowest BCUT2D eigenvalue weighted by atomic mass is 10.1. The van der Waals surface area contributed by atoms with Gasteiger partial charge in [0.2, 0.25) is 0 Å². The average molecular weight is 461 g/mol. The summed E-state index contributed by atoms with van der Waals surface area (Å²) in [6, 6.07) is 2.37. The Bertz CT molecular complexity index is 1010. The van der Waals surface area contributed by atoms with Crippen LogP contribution in [0.5, 0.6) is 0 Å². The monoisotopic (exact) mass is 460 g/mol. The summed E-state index contributed by atoms with van der Waals surface area (Å²) >= 11 is 1.25. The second-order valence-electron chi connectivity index (χ2n) is 7.68. The lowest BCUT2D eigenvalue weighted by molar-refractivity contribution is -0.151. The highest BCUT2D eigenvalue weighted by atomic mass is 32.1. The van der Waals surface area contributed by atoms with Crippen molar-refractivity contribution in [3.63, 3.8) is 0 Å². The molecular weight excluding hydrogens is 436 g/mol. The number of ether oxygens (including phenoxy) is 2. The number of likely N-dealkylation sites (tertiary alicyclic amines) is 1. The van der Waals surface area contributed by atoms with Gasteiger partial charge in [-0.2, -0.15) is 0 Å². The molecule has 1 N–H and O–H groups in total. The molecule has 0 bridgehead atoms. The maximum Gasteiger partial charge on any atom is 0.341 e. The molecule has 1 unspecified atom stereocenters. The van der Waals surface area contributed by atoms with Crippen LogP contribution in [0.1, 0.15) is 65.0 Å². The van der Waals surface area contributed by atoms with Gasteiger partial charge in [0.05, 0.1) is 18.4 Å². The van der Waals surface area contributed by atoms with E-state index < -0.39 is 30.5 Å². The molecule has 170 valence electrons. The van der Waals surface area contributed by atoms with Gasteiger partial charge in [0, 0.05) is 6.54 Å². The third-order valence-corrected chi connectivity index (χ3v) is 6.35. The van der Waals surface area contributed by atoms with Crippen LogP contribution in [0.3, 0.4) is 0 Å². The Hall–Kier alpha value is -3.14. The fourth-order valence-electron chi connectivity index (χ4n) is 3.76. The predicted molar refractivity (Wildman–Crippen MR) is 115 cm³/mol. The minimum Gasteiger partial charge on any atom is -0.462 e. The van der Waals surface area contributed by atoms with E-state index in [0.29, 0.717) is 35.9 Å². The van der Waals surface area contributed by atoms with Crippen LogP contribution < -0.4 is 5.32 Å². The van der Waals surface area contributed by atoms with Gasteiger partial charge in [-0.1, -0.05) is 0 Å². The van der Waals surface area contributed by atoms with Crippen LogP contribution in [0.4, 0.5) is 5.00 Å². The molecule has 32 heavy (non-hydrogen) atoms. The molecule has 0 spiro atoms. The molecule has 3 heterocycles. The number of thiophene rings is 1. The van der Waals surface area contributed by atoms with E-state index in [4.69, 9.17) is 13.9 Å². The van der Waals surface area contributed by atoms with E-state index in [1.165, 1.54) is 28.6 Å². The number of carbonyl (C=O) groups excluding carboxylic acids is 4. The van der Waals surface area contributed by atoms with Gasteiger partial charge in [-0.05, 0) is 61.6 Å². The van der Waals surface area contributed by atoms with E-state index in [2.05, 4.69) is 5.32 Å². The highest BCUT2D eigenvalue weighted by Crippen LogP contribution is 2.46. The second-order valence-corrected chi connectivity index (χ2v) is 8.56. The largest absolute Gasteiger partial charge is 0.462 e. The SMILES string of the molecule is CCOC(=O)c1c(C2CC2)csc1NC(=O)COC(=O)C1CCCN1C(=O)c1ccco1. The Kier molecular flexibility index (Phi) is 6.59. The Balaban J connectivity index is 1.35. The molecule has 2 aromatic heterocycles. The minimum absolute atomic E-state index is 0.151. The van der Waals surface area contributed by atoms with Crippen LogP contribution >= 0.6 is 11.3 Å². The summed E-state index contributed by atoms with van der Waals surface area (Å²) in [4.78, 5) is 51.3. The Morgan fingerprint density at radius 1 is 1.22 bits per heavy atom. The quantitative estimate of drug-likeness (QED) is 0.602. The number of amides is 2. The molecule has 9 nitrogen and oxygen atoms in total. The van der Waals surface area contributed by atoms with Crippen molar-refractivity contribution < 1.29 is 33.1 Å². The van der Waals surface area contributed by atoms with Crippen LogP contribution in [-0.4, -0.2) is 54.5 Å². The zero-order valence-electron chi connectivity index (χ0n) is 17.6. The molecule has 0 radical (unpaired) electrons. The van der Waals surface area contributed by atoms with Crippen LogP contribution in [-0.2, 0) is 19.1 Å². The average Bonchev–Trinajstić information content (AvgIpc) is 3.18. The number of nitrogens with zero attached hydrogens (tertiary/aromatic N) is 1. The molecule has 2 amide bonds. The van der Waals surface area contributed by atoms with Gasteiger partial charge in [-0.25, -0.2) is 9.59 Å². The van der Waals surface area contributed by atoms with Crippen molar-refractivity contribution in [3.8, 4) is 0 Å². The van der Waals surface area contributed by atoms with Gasteiger partial charge in [0.1, 0.15) is 11.0 Å². The molecule has 1 aliphatic carbocycles. The standard InChI is InChI=1S/C22H24N2O7S/c1-2-29-22(28)18-14(13-7-8-13)12-32-19(18)23-17(25)11-31-21(27)15-5-3-9-24(15)20(26)16-6-4-10-30-16/h4,6,10,12-13,15H,2-3,5,7-9,11H2,1H3,(H,23,25). The van der Waals surface area contributed by atoms with Crippen LogP contribution in [0.15, 0.2) is 28.2 Å². The van der Waals surface area contributed by atoms with Gasteiger partial charge in [0.25, 0.3) is 11.8 Å². The second kappa shape index (κ2) is 9.56. The van der Waals surface area contributed by atoms with E-state index in [9.17, 15) is 19.2 Å². The zero-order valence-corrected chi connectivity index (χ0v) is 18.4. The normalized spacial score (nSPS) is 17.8. The fraction of sp³-hybridized carbons (Fsp3) is 0.455. The van der Waals surface area contributed by atoms with Gasteiger partial charge in [-0.15, -0.1) is 11.3 Å². The van der Waals surface area contributed by atoms with Crippen molar-refractivity contribution in [1.82, 2.24) is 4.90 Å². The molecule has 2 fully saturated rings. The first kappa shape index (κ1) is 22.1. The first-order valence-electron chi connectivity index (χ1n) is 10.6. The fourth-order valence-corrected chi connectivity index (χ4v) is 4.81. The number of hydrogen-bond acceptors (Lipinski definition) is 8. The number of anilines is 1. The van der Waals surface area contributed by atoms with Gasteiger partial charge < -0.3 is 24.1 Å². The number of nitrogens with one attached hydrogen (secondary N) is 1. The maximum absolute atomic E-state index is 12.6. The molecule has 1 aliphatic heterocycles. The van der Waals surface area contributed by atoms with Gasteiger partial charge in [-0.3, -0.25) is 9.59 Å². The summed E-state index contributed by atoms with van der Waals surface area (Å²) in [7, 11) is 0. The lowest BCUT2D eigenvalue weighted by Crippen LogP contribution is -2.42. The highest BCUT2D eigenvalue weighted by Gasteiger charge is 2.37. The summed E-state index contributed by atoms with van der Waals surface area (Å²) in [5, 5.41) is 4.92. The summed E-state index contributed by atoms with van der Waals surface area (Å²) in [5.41, 5.74) is 1.27. The van der Waals surface area contributed by atoms with E-state index in [1.807, 2.05) is 5.38 Å². The van der Waals surface area contributed by atoms with E-state index in [0.717, 1.165) is 18.4 Å². The third kappa shape index (κ3) is 4.69. The van der Waals surface area contributed by atoms with Crippen molar-refractivity contribution >= 4 is 40.1 Å². The van der Waals surface area contributed by atoms with Gasteiger partial charge in [0.15, 0.2) is 12.4 Å². The topological polar surface area (TPSA) is 115 Å². The van der Waals surface area contributed by atoms with E-state index in [-0.39, 0.29) is 18.3 Å². The van der Waals surface area contributed by atoms with Crippen LogP contribution in [0.2, 0.25) is 0 Å². The molecule has 1 saturated carbocycles. The summed E-state index contributed by atoms with van der Waals surface area (Å²) < 4.78 is 15.5. The first-order chi connectivity index (χ1) is 15.5. The van der Waals surface area contributed by atoms with Crippen LogP contribution in [0, 0.1) is 0 Å². The minimum atomic E-state index is -0.765. The molecular formula is C22H24N2O7S. The Morgan fingerprint density at radius 3 is 2.72 bits per heavy atom. The van der Waals surface area contributed by atoms with Crippen LogP contribution in [0.25, 0.3) is 0 Å². The Morgan fingerprint density at radius 2 is 2.03 bits per heavy atom. The Labute approximate surface area is 188 Å². The van der Waals surface area contributed by atoms with Crippen molar-refractivity contribution in [2.24, 2.45) is 0 Å². The molecule has 1 saturated heterocycles. The third-order valence-electron chi connectivity index (χ3n) is 5.43. The number of esters is 2. The van der Waals surface area contributed by atoms with Crippen molar-refractivity contribution in [1.29, 1.82) is 0 Å². The number of furan rings is 1.